The van der Waals surface area contributed by atoms with Gasteiger partial charge in [-0.25, -0.2) is 9.59 Å². The average molecular weight is 288 g/mol. The second-order valence-corrected chi connectivity index (χ2v) is 4.49. The fourth-order valence-electron chi connectivity index (χ4n) is 2.17. The summed E-state index contributed by atoms with van der Waals surface area (Å²) in [7, 11) is 0. The normalized spacial score (nSPS) is 20.6. The molecule has 8 nitrogen and oxygen atoms in total. The smallest absolute Gasteiger partial charge is 0.336 e. The topological polar surface area (TPSA) is 110 Å². The van der Waals surface area contributed by atoms with Gasteiger partial charge in [0.25, 0.3) is 11.8 Å². The van der Waals surface area contributed by atoms with Crippen molar-refractivity contribution in [2.24, 2.45) is 0 Å². The molecule has 4 amide bonds. The van der Waals surface area contributed by atoms with Crippen molar-refractivity contribution < 1.29 is 28.7 Å². The number of hydrogen-bond acceptors (Lipinski definition) is 6. The molecule has 0 aromatic heterocycles. The number of rotatable bonds is 1. The summed E-state index contributed by atoms with van der Waals surface area (Å²) in [4.78, 5) is 58.7. The molecule has 1 aromatic carbocycles. The summed E-state index contributed by atoms with van der Waals surface area (Å²) in [5, 5.41) is 2.15. The van der Waals surface area contributed by atoms with Crippen molar-refractivity contribution in [1.29, 1.82) is 0 Å². The quantitative estimate of drug-likeness (QED) is 0.436. The fraction of sp³-hybridized carbons (Fsp3) is 0.154. The number of amides is 4. The summed E-state index contributed by atoms with van der Waals surface area (Å²) >= 11 is 0. The number of hydrogen-bond donors (Lipinski definition) is 1. The van der Waals surface area contributed by atoms with Gasteiger partial charge in [-0.05, 0) is 12.1 Å². The van der Waals surface area contributed by atoms with Gasteiger partial charge in [0, 0.05) is 0 Å². The van der Waals surface area contributed by atoms with E-state index in [1.54, 1.807) is 12.1 Å². The molecule has 0 saturated carbocycles. The van der Waals surface area contributed by atoms with E-state index in [1.807, 2.05) is 0 Å². The molecule has 1 N–H and O–H groups in total. The van der Waals surface area contributed by atoms with Gasteiger partial charge in [-0.3, -0.25) is 14.4 Å². The molecule has 1 fully saturated rings. The molecule has 1 saturated heterocycles. The Kier molecular flexibility index (Phi) is 2.79. The monoisotopic (exact) mass is 288 g/mol. The Balaban J connectivity index is 1.81. The first-order chi connectivity index (χ1) is 9.99. The molecule has 0 bridgehead atoms. The highest BCUT2D eigenvalue weighted by molar-refractivity contribution is 6.28. The van der Waals surface area contributed by atoms with Crippen molar-refractivity contribution in [2.75, 3.05) is 0 Å². The number of cyclic esters (lactones) is 2. The molecule has 106 valence electrons. The highest BCUT2D eigenvalue weighted by Crippen LogP contribution is 2.22. The number of urea groups is 1. The lowest BCUT2D eigenvalue weighted by Gasteiger charge is -2.14. The molecule has 2 aliphatic heterocycles. The number of ether oxygens (including phenoxy) is 1. The van der Waals surface area contributed by atoms with Gasteiger partial charge in [0.05, 0.1) is 17.5 Å². The zero-order valence-electron chi connectivity index (χ0n) is 10.5. The van der Waals surface area contributed by atoms with E-state index in [0.717, 1.165) is 0 Å². The Labute approximate surface area is 117 Å². The summed E-state index contributed by atoms with van der Waals surface area (Å²) in [6.07, 6.45) is -0.326. The van der Waals surface area contributed by atoms with Gasteiger partial charge in [0.2, 0.25) is 0 Å². The molecule has 2 aliphatic rings. The van der Waals surface area contributed by atoms with Crippen molar-refractivity contribution in [1.82, 2.24) is 10.2 Å². The first kappa shape index (κ1) is 13.0. The van der Waals surface area contributed by atoms with Crippen molar-refractivity contribution in [3.8, 4) is 0 Å². The second kappa shape index (κ2) is 4.51. The van der Waals surface area contributed by atoms with Crippen LogP contribution in [-0.2, 0) is 14.3 Å². The van der Waals surface area contributed by atoms with E-state index >= 15 is 0 Å². The Morgan fingerprint density at radius 2 is 1.67 bits per heavy atom. The molecule has 0 aliphatic carbocycles. The Morgan fingerprint density at radius 1 is 1.10 bits per heavy atom. The highest BCUT2D eigenvalue weighted by Gasteiger charge is 2.42. The van der Waals surface area contributed by atoms with Crippen LogP contribution in [0.4, 0.5) is 4.79 Å². The third-order valence-electron chi connectivity index (χ3n) is 3.16. The Hall–Kier alpha value is -3.03. The first-order valence-corrected chi connectivity index (χ1v) is 6.02. The van der Waals surface area contributed by atoms with Crippen LogP contribution in [0.3, 0.4) is 0 Å². The Bertz CT molecular complexity index is 675. The first-order valence-electron chi connectivity index (χ1n) is 6.02. The maximum absolute atomic E-state index is 12.0. The minimum atomic E-state index is -1.19. The number of nitrogens with zero attached hydrogens (tertiary/aromatic N) is 1. The number of carbonyl (C=O) groups excluding carboxylic acids is 5. The van der Waals surface area contributed by atoms with Crippen LogP contribution >= 0.6 is 0 Å². The van der Waals surface area contributed by atoms with E-state index in [2.05, 4.69) is 10.1 Å². The third kappa shape index (κ3) is 1.97. The molecule has 1 aromatic rings. The lowest BCUT2D eigenvalue weighted by Crippen LogP contribution is -2.48. The minimum Gasteiger partial charge on any atom is -0.392 e. The summed E-state index contributed by atoms with van der Waals surface area (Å²) in [6, 6.07) is 3.75. The predicted molar refractivity (Wildman–Crippen MR) is 65.0 cm³/mol. The highest BCUT2D eigenvalue weighted by atomic mass is 16.6. The van der Waals surface area contributed by atoms with Gasteiger partial charge in [-0.1, -0.05) is 12.1 Å². The average Bonchev–Trinajstić information content (AvgIpc) is 2.89. The molecular formula is C13H8N2O6. The number of fused-ring (bicyclic) bond motifs is 1. The van der Waals surface area contributed by atoms with Gasteiger partial charge in [0.1, 0.15) is 6.04 Å². The van der Waals surface area contributed by atoms with Crippen LogP contribution < -0.4 is 5.32 Å². The van der Waals surface area contributed by atoms with Crippen LogP contribution in [0.5, 0.6) is 0 Å². The number of esters is 2. The largest absolute Gasteiger partial charge is 0.392 e. The molecule has 21 heavy (non-hydrogen) atoms. The summed E-state index contributed by atoms with van der Waals surface area (Å²) in [5.41, 5.74) is 0.227. The fourth-order valence-corrected chi connectivity index (χ4v) is 2.17. The predicted octanol–water partition coefficient (Wildman–Crippen LogP) is -0.166. The van der Waals surface area contributed by atoms with Crippen LogP contribution in [0, 0.1) is 0 Å². The van der Waals surface area contributed by atoms with Gasteiger partial charge in [-0.2, -0.15) is 4.90 Å². The maximum atomic E-state index is 12.0. The lowest BCUT2D eigenvalue weighted by molar-refractivity contribution is -0.152. The lowest BCUT2D eigenvalue weighted by atomic mass is 10.1. The van der Waals surface area contributed by atoms with Crippen LogP contribution in [-0.4, -0.2) is 40.7 Å². The van der Waals surface area contributed by atoms with E-state index in [1.165, 1.54) is 12.1 Å². The zero-order valence-corrected chi connectivity index (χ0v) is 10.5. The van der Waals surface area contributed by atoms with E-state index in [0.29, 0.717) is 4.90 Å². The number of benzene rings is 1. The molecule has 0 radical (unpaired) electrons. The van der Waals surface area contributed by atoms with E-state index in [-0.39, 0.29) is 17.5 Å². The van der Waals surface area contributed by atoms with Crippen molar-refractivity contribution >= 4 is 29.8 Å². The van der Waals surface area contributed by atoms with Crippen molar-refractivity contribution in [2.45, 2.75) is 12.5 Å². The maximum Gasteiger partial charge on any atom is 0.336 e. The molecule has 0 spiro atoms. The SMILES string of the molecule is O=C1C[C@H](NC(=O)N2C(=O)c3ccccc3C2=O)C(=O)O1. The van der Waals surface area contributed by atoms with Crippen molar-refractivity contribution in [3.63, 3.8) is 0 Å². The number of imide groups is 3. The Morgan fingerprint density at radius 3 is 2.14 bits per heavy atom. The van der Waals surface area contributed by atoms with Crippen molar-refractivity contribution in [3.05, 3.63) is 35.4 Å². The minimum absolute atomic E-state index is 0.114. The third-order valence-corrected chi connectivity index (χ3v) is 3.16. The standard InChI is InChI=1S/C13H8N2O6/c16-9-5-8(12(19)21-9)14-13(20)15-10(17)6-3-1-2-4-7(6)11(15)18/h1-4,8H,5H2,(H,14,20)/t8-/m0/s1. The van der Waals surface area contributed by atoms with E-state index < -0.39 is 35.8 Å². The number of carbonyl (C=O) groups is 5. The molecular weight excluding hydrogens is 280 g/mol. The zero-order chi connectivity index (χ0) is 15.1. The van der Waals surface area contributed by atoms with E-state index in [9.17, 15) is 24.0 Å². The summed E-state index contributed by atoms with van der Waals surface area (Å²) in [5.74, 6) is -3.23. The second-order valence-electron chi connectivity index (χ2n) is 4.49. The molecule has 0 unspecified atom stereocenters. The molecule has 8 heteroatoms. The summed E-state index contributed by atoms with van der Waals surface area (Å²) < 4.78 is 4.27. The number of nitrogens with one attached hydrogen (secondary N) is 1. The van der Waals surface area contributed by atoms with Crippen LogP contribution in [0.1, 0.15) is 27.1 Å². The van der Waals surface area contributed by atoms with Crippen LogP contribution in [0.2, 0.25) is 0 Å². The van der Waals surface area contributed by atoms with Gasteiger partial charge >= 0.3 is 18.0 Å². The van der Waals surface area contributed by atoms with Crippen LogP contribution in [0.25, 0.3) is 0 Å². The van der Waals surface area contributed by atoms with Gasteiger partial charge in [-0.15, -0.1) is 0 Å². The van der Waals surface area contributed by atoms with E-state index in [4.69, 9.17) is 0 Å². The molecule has 2 heterocycles. The molecule has 3 rings (SSSR count). The van der Waals surface area contributed by atoms with Gasteiger partial charge in [0.15, 0.2) is 0 Å². The molecule has 1 atom stereocenters. The van der Waals surface area contributed by atoms with Crippen LogP contribution in [0.15, 0.2) is 24.3 Å². The summed E-state index contributed by atoms with van der Waals surface area (Å²) in [6.45, 7) is 0. The van der Waals surface area contributed by atoms with Gasteiger partial charge < -0.3 is 10.1 Å².